The molecule has 0 atom stereocenters. The zero-order valence-corrected chi connectivity index (χ0v) is 8.87. The fraction of sp³-hybridized carbons (Fsp3) is 0. The van der Waals surface area contributed by atoms with Gasteiger partial charge in [-0.05, 0) is 17.5 Å². The molecule has 3 rings (SSSR count). The Kier molecular flexibility index (Phi) is 2.00. The van der Waals surface area contributed by atoms with Crippen LogP contribution in [0.1, 0.15) is 0 Å². The van der Waals surface area contributed by atoms with Crippen molar-refractivity contribution < 1.29 is 0 Å². The number of fused-ring (bicyclic) bond motifs is 1. The summed E-state index contributed by atoms with van der Waals surface area (Å²) in [6.07, 6.45) is 1.94. The standard InChI is InChI=1S/C13H9NS/c1-2-4-10(5-3-1)12-8-13-11(9-14-12)6-7-15-13/h1-9H. The number of hydrogen-bond acceptors (Lipinski definition) is 2. The van der Waals surface area contributed by atoms with Gasteiger partial charge >= 0.3 is 0 Å². The molecule has 2 aromatic heterocycles. The Morgan fingerprint density at radius 3 is 2.73 bits per heavy atom. The average molecular weight is 211 g/mol. The lowest BCUT2D eigenvalue weighted by Crippen LogP contribution is -1.80. The molecule has 0 saturated heterocycles. The minimum Gasteiger partial charge on any atom is -0.256 e. The minimum absolute atomic E-state index is 1.05. The van der Waals surface area contributed by atoms with Crippen molar-refractivity contribution in [3.8, 4) is 11.3 Å². The lowest BCUT2D eigenvalue weighted by molar-refractivity contribution is 1.36. The number of pyridine rings is 1. The molecule has 0 radical (unpaired) electrons. The van der Waals surface area contributed by atoms with Crippen molar-refractivity contribution in [2.45, 2.75) is 0 Å². The second-order valence-corrected chi connectivity index (χ2v) is 4.34. The minimum atomic E-state index is 1.05. The van der Waals surface area contributed by atoms with Gasteiger partial charge in [-0.1, -0.05) is 30.3 Å². The van der Waals surface area contributed by atoms with E-state index >= 15 is 0 Å². The predicted molar refractivity (Wildman–Crippen MR) is 65.1 cm³/mol. The molecular weight excluding hydrogens is 202 g/mol. The molecule has 0 fully saturated rings. The van der Waals surface area contributed by atoms with Crippen LogP contribution in [0, 0.1) is 0 Å². The molecule has 0 aliphatic carbocycles. The van der Waals surface area contributed by atoms with Crippen molar-refractivity contribution in [2.75, 3.05) is 0 Å². The van der Waals surface area contributed by atoms with E-state index in [9.17, 15) is 0 Å². The van der Waals surface area contributed by atoms with E-state index in [0.29, 0.717) is 0 Å². The molecule has 0 spiro atoms. The van der Waals surface area contributed by atoms with Crippen molar-refractivity contribution >= 4 is 21.4 Å². The maximum absolute atomic E-state index is 4.46. The zero-order chi connectivity index (χ0) is 10.1. The highest BCUT2D eigenvalue weighted by Crippen LogP contribution is 2.25. The summed E-state index contributed by atoms with van der Waals surface area (Å²) in [7, 11) is 0. The Hall–Kier alpha value is -1.67. The van der Waals surface area contributed by atoms with Gasteiger partial charge in [0.25, 0.3) is 0 Å². The van der Waals surface area contributed by atoms with Crippen LogP contribution in [0.25, 0.3) is 21.3 Å². The lowest BCUT2D eigenvalue weighted by atomic mass is 10.1. The summed E-state index contributed by atoms with van der Waals surface area (Å²) >= 11 is 1.76. The summed E-state index contributed by atoms with van der Waals surface area (Å²) in [5.41, 5.74) is 2.22. The van der Waals surface area contributed by atoms with E-state index in [0.717, 1.165) is 5.69 Å². The van der Waals surface area contributed by atoms with Crippen LogP contribution in [0.4, 0.5) is 0 Å². The van der Waals surface area contributed by atoms with Crippen LogP contribution in [0.5, 0.6) is 0 Å². The van der Waals surface area contributed by atoms with E-state index in [2.05, 4.69) is 34.6 Å². The largest absolute Gasteiger partial charge is 0.256 e. The van der Waals surface area contributed by atoms with Crippen LogP contribution in [-0.2, 0) is 0 Å². The fourth-order valence-electron chi connectivity index (χ4n) is 1.62. The number of rotatable bonds is 1. The molecule has 2 heterocycles. The number of thiophene rings is 1. The number of benzene rings is 1. The first-order valence-corrected chi connectivity index (χ1v) is 5.70. The van der Waals surface area contributed by atoms with E-state index in [1.165, 1.54) is 15.6 Å². The van der Waals surface area contributed by atoms with E-state index < -0.39 is 0 Å². The molecule has 3 aromatic rings. The highest BCUT2D eigenvalue weighted by atomic mass is 32.1. The molecule has 15 heavy (non-hydrogen) atoms. The van der Waals surface area contributed by atoms with Gasteiger partial charge in [0.2, 0.25) is 0 Å². The van der Waals surface area contributed by atoms with Gasteiger partial charge in [-0.25, -0.2) is 0 Å². The van der Waals surface area contributed by atoms with Crippen LogP contribution in [0.2, 0.25) is 0 Å². The van der Waals surface area contributed by atoms with Crippen molar-refractivity contribution in [1.29, 1.82) is 0 Å². The highest BCUT2D eigenvalue weighted by molar-refractivity contribution is 7.17. The first-order chi connectivity index (χ1) is 7.43. The highest BCUT2D eigenvalue weighted by Gasteiger charge is 2.00. The molecule has 0 aliphatic rings. The Balaban J connectivity index is 2.19. The van der Waals surface area contributed by atoms with Crippen LogP contribution in [-0.4, -0.2) is 4.98 Å². The summed E-state index contributed by atoms with van der Waals surface area (Å²) in [5.74, 6) is 0. The Labute approximate surface area is 92.0 Å². The first kappa shape index (κ1) is 8.62. The Morgan fingerprint density at radius 2 is 1.87 bits per heavy atom. The molecule has 0 bridgehead atoms. The molecular formula is C13H9NS. The van der Waals surface area contributed by atoms with Crippen LogP contribution < -0.4 is 0 Å². The maximum Gasteiger partial charge on any atom is 0.0716 e. The fourth-order valence-corrected chi connectivity index (χ4v) is 2.42. The maximum atomic E-state index is 4.46. The quantitative estimate of drug-likeness (QED) is 0.593. The molecule has 0 unspecified atom stereocenters. The van der Waals surface area contributed by atoms with Gasteiger partial charge in [0.15, 0.2) is 0 Å². The topological polar surface area (TPSA) is 12.9 Å². The third-order valence-electron chi connectivity index (χ3n) is 2.41. The normalized spacial score (nSPS) is 10.7. The number of hydrogen-bond donors (Lipinski definition) is 0. The van der Waals surface area contributed by atoms with Crippen molar-refractivity contribution in [1.82, 2.24) is 4.98 Å². The van der Waals surface area contributed by atoms with Crippen LogP contribution in [0.3, 0.4) is 0 Å². The molecule has 2 heteroatoms. The van der Waals surface area contributed by atoms with Gasteiger partial charge in [0.1, 0.15) is 0 Å². The molecule has 0 N–H and O–H groups in total. The lowest BCUT2D eigenvalue weighted by Gasteiger charge is -1.99. The summed E-state index contributed by atoms with van der Waals surface area (Å²) in [4.78, 5) is 4.46. The average Bonchev–Trinajstić information content (AvgIpc) is 2.77. The molecule has 1 nitrogen and oxygen atoms in total. The smallest absolute Gasteiger partial charge is 0.0716 e. The van der Waals surface area contributed by atoms with E-state index in [-0.39, 0.29) is 0 Å². The van der Waals surface area contributed by atoms with Gasteiger partial charge in [-0.2, -0.15) is 0 Å². The zero-order valence-electron chi connectivity index (χ0n) is 8.05. The van der Waals surface area contributed by atoms with Gasteiger partial charge in [0, 0.05) is 21.8 Å². The first-order valence-electron chi connectivity index (χ1n) is 4.82. The SMILES string of the molecule is c1ccc(-c2cc3sccc3cn2)cc1. The van der Waals surface area contributed by atoms with Gasteiger partial charge in [-0.15, -0.1) is 11.3 Å². The molecule has 0 amide bonds. The summed E-state index contributed by atoms with van der Waals surface area (Å²) in [6, 6.07) is 14.5. The third-order valence-corrected chi connectivity index (χ3v) is 3.29. The molecule has 0 saturated carbocycles. The number of nitrogens with zero attached hydrogens (tertiary/aromatic N) is 1. The summed E-state index contributed by atoms with van der Waals surface area (Å²) in [6.45, 7) is 0. The monoisotopic (exact) mass is 211 g/mol. The van der Waals surface area contributed by atoms with Gasteiger partial charge in [0.05, 0.1) is 5.69 Å². The second kappa shape index (κ2) is 3.48. The summed E-state index contributed by atoms with van der Waals surface area (Å²) < 4.78 is 1.30. The molecule has 1 aromatic carbocycles. The van der Waals surface area contributed by atoms with E-state index in [4.69, 9.17) is 0 Å². The van der Waals surface area contributed by atoms with Crippen molar-refractivity contribution in [3.63, 3.8) is 0 Å². The van der Waals surface area contributed by atoms with Crippen molar-refractivity contribution in [2.24, 2.45) is 0 Å². The van der Waals surface area contributed by atoms with Gasteiger partial charge < -0.3 is 0 Å². The third kappa shape index (κ3) is 1.53. The van der Waals surface area contributed by atoms with E-state index in [1.54, 1.807) is 11.3 Å². The van der Waals surface area contributed by atoms with Crippen LogP contribution in [0.15, 0.2) is 54.0 Å². The summed E-state index contributed by atoms with van der Waals surface area (Å²) in [5, 5.41) is 3.32. The number of aromatic nitrogens is 1. The van der Waals surface area contributed by atoms with Gasteiger partial charge in [-0.3, -0.25) is 4.98 Å². The second-order valence-electron chi connectivity index (χ2n) is 3.39. The van der Waals surface area contributed by atoms with Crippen LogP contribution >= 0.6 is 11.3 Å². The van der Waals surface area contributed by atoms with E-state index in [1.807, 2.05) is 24.4 Å². The Bertz CT molecular complexity index is 584. The van der Waals surface area contributed by atoms with Crippen molar-refractivity contribution in [3.05, 3.63) is 54.0 Å². The predicted octanol–water partition coefficient (Wildman–Crippen LogP) is 3.96. The molecule has 0 aliphatic heterocycles. The molecule has 72 valence electrons. The Morgan fingerprint density at radius 1 is 1.00 bits per heavy atom.